The number of aryl methyl sites for hydroxylation is 2. The van der Waals surface area contributed by atoms with Crippen molar-refractivity contribution in [2.75, 3.05) is 6.54 Å². The lowest BCUT2D eigenvalue weighted by Gasteiger charge is -2.31. The average molecular weight is 342 g/mol. The van der Waals surface area contributed by atoms with Gasteiger partial charge in [0.15, 0.2) is 0 Å². The van der Waals surface area contributed by atoms with Crippen molar-refractivity contribution in [2.45, 2.75) is 46.0 Å². The van der Waals surface area contributed by atoms with Gasteiger partial charge in [-0.3, -0.25) is 4.79 Å². The Hall–Kier alpha value is -2.32. The van der Waals surface area contributed by atoms with E-state index in [9.17, 15) is 18.0 Å². The fourth-order valence-corrected chi connectivity index (χ4v) is 3.20. The first kappa shape index (κ1) is 16.5. The normalized spacial score (nSPS) is 16.2. The molecule has 24 heavy (non-hydrogen) atoms. The van der Waals surface area contributed by atoms with Crippen LogP contribution in [0.4, 0.5) is 13.2 Å². The van der Waals surface area contributed by atoms with Crippen LogP contribution < -0.4 is 0 Å². The van der Waals surface area contributed by atoms with Gasteiger partial charge < -0.3 is 14.0 Å². The SMILES string of the molecule is Cc1noc(C)c1C(C)C(=O)N1CCn2c(cnc2C(F)(F)F)C1. The van der Waals surface area contributed by atoms with E-state index < -0.39 is 17.9 Å². The highest BCUT2D eigenvalue weighted by molar-refractivity contribution is 5.83. The van der Waals surface area contributed by atoms with Gasteiger partial charge in [0.25, 0.3) is 0 Å². The van der Waals surface area contributed by atoms with Crippen LogP contribution >= 0.6 is 0 Å². The van der Waals surface area contributed by atoms with E-state index in [4.69, 9.17) is 4.52 Å². The molecule has 0 saturated carbocycles. The lowest BCUT2D eigenvalue weighted by molar-refractivity contribution is -0.148. The molecule has 2 aromatic heterocycles. The zero-order valence-corrected chi connectivity index (χ0v) is 13.5. The number of alkyl halides is 3. The molecule has 2 aromatic rings. The summed E-state index contributed by atoms with van der Waals surface area (Å²) in [5.41, 5.74) is 1.76. The summed E-state index contributed by atoms with van der Waals surface area (Å²) in [5.74, 6) is -0.962. The predicted octanol–water partition coefficient (Wildman–Crippen LogP) is 2.65. The van der Waals surface area contributed by atoms with Crippen LogP contribution in [0.25, 0.3) is 0 Å². The Morgan fingerprint density at radius 1 is 1.33 bits per heavy atom. The van der Waals surface area contributed by atoms with Crippen LogP contribution in [0.1, 0.15) is 41.4 Å². The maximum absolute atomic E-state index is 12.9. The molecule has 0 aromatic carbocycles. The van der Waals surface area contributed by atoms with Crippen molar-refractivity contribution >= 4 is 5.91 Å². The maximum Gasteiger partial charge on any atom is 0.449 e. The van der Waals surface area contributed by atoms with E-state index in [2.05, 4.69) is 10.1 Å². The number of imidazole rings is 1. The second-order valence-electron chi connectivity index (χ2n) is 5.94. The molecule has 0 spiro atoms. The molecular weight excluding hydrogens is 325 g/mol. The Labute approximate surface area is 136 Å². The number of carbonyl (C=O) groups is 1. The van der Waals surface area contributed by atoms with E-state index in [1.165, 1.54) is 6.20 Å². The zero-order chi connectivity index (χ0) is 17.6. The first-order valence-corrected chi connectivity index (χ1v) is 7.53. The molecule has 1 unspecified atom stereocenters. The quantitative estimate of drug-likeness (QED) is 0.842. The number of halogens is 3. The van der Waals surface area contributed by atoms with Crippen molar-refractivity contribution < 1.29 is 22.5 Å². The summed E-state index contributed by atoms with van der Waals surface area (Å²) in [5, 5.41) is 3.85. The van der Waals surface area contributed by atoms with Crippen LogP contribution in [-0.2, 0) is 24.1 Å². The van der Waals surface area contributed by atoms with Gasteiger partial charge in [-0.1, -0.05) is 5.16 Å². The third-order valence-electron chi connectivity index (χ3n) is 4.34. The van der Waals surface area contributed by atoms with Gasteiger partial charge in [-0.2, -0.15) is 13.2 Å². The molecule has 1 amide bonds. The molecule has 1 atom stereocenters. The largest absolute Gasteiger partial charge is 0.449 e. The zero-order valence-electron chi connectivity index (χ0n) is 13.5. The highest BCUT2D eigenvalue weighted by Gasteiger charge is 2.39. The van der Waals surface area contributed by atoms with E-state index in [-0.39, 0.29) is 25.5 Å². The molecule has 0 saturated heterocycles. The van der Waals surface area contributed by atoms with Crippen molar-refractivity contribution in [2.24, 2.45) is 0 Å². The number of fused-ring (bicyclic) bond motifs is 1. The molecule has 0 bridgehead atoms. The van der Waals surface area contributed by atoms with Crippen LogP contribution in [0.3, 0.4) is 0 Å². The summed E-state index contributed by atoms with van der Waals surface area (Å²) >= 11 is 0. The lowest BCUT2D eigenvalue weighted by atomic mass is 9.97. The Morgan fingerprint density at radius 2 is 2.04 bits per heavy atom. The summed E-state index contributed by atoms with van der Waals surface area (Å²) in [7, 11) is 0. The van der Waals surface area contributed by atoms with Gasteiger partial charge in [-0.25, -0.2) is 4.98 Å². The number of amides is 1. The monoisotopic (exact) mass is 342 g/mol. The van der Waals surface area contributed by atoms with Gasteiger partial charge in [0.05, 0.1) is 30.0 Å². The third kappa shape index (κ3) is 2.67. The number of hydrogen-bond acceptors (Lipinski definition) is 4. The number of aromatic nitrogens is 3. The molecule has 3 rings (SSSR count). The van der Waals surface area contributed by atoms with Crippen LogP contribution in [0.5, 0.6) is 0 Å². The van der Waals surface area contributed by atoms with Crippen molar-refractivity contribution in [3.63, 3.8) is 0 Å². The fourth-order valence-electron chi connectivity index (χ4n) is 3.20. The second kappa shape index (κ2) is 5.64. The second-order valence-corrected chi connectivity index (χ2v) is 5.94. The maximum atomic E-state index is 12.9. The molecule has 1 aliphatic heterocycles. The summed E-state index contributed by atoms with van der Waals surface area (Å²) in [6.45, 7) is 5.64. The summed E-state index contributed by atoms with van der Waals surface area (Å²) in [6, 6.07) is 0. The standard InChI is InChI=1S/C15H17F3N4O2/c1-8(12-9(2)20-24-10(12)3)13(23)21-4-5-22-11(7-21)6-19-14(22)15(16,17)18/h6,8H,4-5,7H2,1-3H3. The summed E-state index contributed by atoms with van der Waals surface area (Å²) in [6.07, 6.45) is -3.31. The molecule has 9 heteroatoms. The molecule has 1 aliphatic rings. The van der Waals surface area contributed by atoms with Gasteiger partial charge in [0.2, 0.25) is 11.7 Å². The number of rotatable bonds is 2. The highest BCUT2D eigenvalue weighted by Crippen LogP contribution is 2.31. The molecule has 0 fully saturated rings. The Kier molecular flexibility index (Phi) is 3.89. The van der Waals surface area contributed by atoms with Gasteiger partial charge in [0.1, 0.15) is 5.76 Å². The Bertz CT molecular complexity index is 759. The van der Waals surface area contributed by atoms with E-state index in [0.717, 1.165) is 10.1 Å². The first-order valence-electron chi connectivity index (χ1n) is 7.53. The third-order valence-corrected chi connectivity index (χ3v) is 4.34. The van der Waals surface area contributed by atoms with Crippen molar-refractivity contribution in [1.82, 2.24) is 19.6 Å². The molecule has 0 N–H and O–H groups in total. The van der Waals surface area contributed by atoms with E-state index in [1.807, 2.05) is 0 Å². The van der Waals surface area contributed by atoms with Crippen LogP contribution in [0.2, 0.25) is 0 Å². The minimum Gasteiger partial charge on any atom is -0.361 e. The molecular formula is C15H17F3N4O2. The molecule has 0 radical (unpaired) electrons. The predicted molar refractivity (Wildman–Crippen MR) is 77.0 cm³/mol. The average Bonchev–Trinajstić information content (AvgIpc) is 3.08. The number of nitrogens with zero attached hydrogens (tertiary/aromatic N) is 4. The van der Waals surface area contributed by atoms with E-state index in [1.54, 1.807) is 25.7 Å². The van der Waals surface area contributed by atoms with Gasteiger partial charge >= 0.3 is 6.18 Å². The fraction of sp³-hybridized carbons (Fsp3) is 0.533. The Morgan fingerprint density at radius 3 is 2.62 bits per heavy atom. The number of carbonyl (C=O) groups excluding carboxylic acids is 1. The minimum absolute atomic E-state index is 0.0736. The lowest BCUT2D eigenvalue weighted by Crippen LogP contribution is -2.41. The molecule has 0 aliphatic carbocycles. The van der Waals surface area contributed by atoms with Gasteiger partial charge in [-0.05, 0) is 20.8 Å². The number of hydrogen-bond donors (Lipinski definition) is 0. The summed E-state index contributed by atoms with van der Waals surface area (Å²) < 4.78 is 44.9. The van der Waals surface area contributed by atoms with Crippen molar-refractivity contribution in [1.29, 1.82) is 0 Å². The van der Waals surface area contributed by atoms with Crippen molar-refractivity contribution in [3.8, 4) is 0 Å². The molecule has 3 heterocycles. The van der Waals surface area contributed by atoms with Gasteiger partial charge in [0, 0.05) is 18.7 Å². The van der Waals surface area contributed by atoms with E-state index >= 15 is 0 Å². The summed E-state index contributed by atoms with van der Waals surface area (Å²) in [4.78, 5) is 17.7. The van der Waals surface area contributed by atoms with Crippen LogP contribution in [-0.4, -0.2) is 32.1 Å². The first-order chi connectivity index (χ1) is 11.2. The Balaban J connectivity index is 1.81. The molecule has 130 valence electrons. The van der Waals surface area contributed by atoms with Crippen LogP contribution in [0, 0.1) is 13.8 Å². The molecule has 6 nitrogen and oxygen atoms in total. The highest BCUT2D eigenvalue weighted by atomic mass is 19.4. The van der Waals surface area contributed by atoms with Gasteiger partial charge in [-0.15, -0.1) is 0 Å². The minimum atomic E-state index is -4.49. The smallest absolute Gasteiger partial charge is 0.361 e. The van der Waals surface area contributed by atoms with Crippen molar-refractivity contribution in [3.05, 3.63) is 34.7 Å². The van der Waals surface area contributed by atoms with Crippen LogP contribution in [0.15, 0.2) is 10.7 Å². The van der Waals surface area contributed by atoms with E-state index in [0.29, 0.717) is 17.1 Å². The topological polar surface area (TPSA) is 64.2 Å².